The predicted octanol–water partition coefficient (Wildman–Crippen LogP) is 3.30. The summed E-state index contributed by atoms with van der Waals surface area (Å²) < 4.78 is 32.0. The Labute approximate surface area is 214 Å². The van der Waals surface area contributed by atoms with E-state index in [-0.39, 0.29) is 39.3 Å². The fourth-order valence-corrected chi connectivity index (χ4v) is 4.83. The number of ketones is 2. The maximum atomic E-state index is 13.0. The van der Waals surface area contributed by atoms with E-state index in [1.807, 2.05) is 0 Å². The number of hydrogen-bond donors (Lipinski definition) is 4. The molecule has 12 heteroatoms. The minimum atomic E-state index is -4.71. The topological polar surface area (TPSA) is 188 Å². The molecule has 1 aromatic heterocycles. The Balaban J connectivity index is 1.53. The van der Waals surface area contributed by atoms with Crippen LogP contribution in [0.5, 0.6) is 5.75 Å². The number of hydrogen-bond acceptors (Lipinski definition) is 8. The van der Waals surface area contributed by atoms with E-state index in [2.05, 4.69) is 10.3 Å². The number of carbonyl (C=O) groups excluding carboxylic acids is 3. The molecular weight excluding hydrogens is 516 g/mol. The van der Waals surface area contributed by atoms with Crippen LogP contribution in [0.3, 0.4) is 0 Å². The van der Waals surface area contributed by atoms with Crippen LogP contribution in [0.1, 0.15) is 53.0 Å². The first-order chi connectivity index (χ1) is 18.0. The number of phenolic OH excluding ortho intramolecular Hbond substituents is 1. The normalized spacial score (nSPS) is 14.9. The predicted molar refractivity (Wildman–Crippen MR) is 132 cm³/mol. The molecule has 38 heavy (non-hydrogen) atoms. The summed E-state index contributed by atoms with van der Waals surface area (Å²) in [7, 11) is -4.71. The van der Waals surface area contributed by atoms with Gasteiger partial charge in [-0.2, -0.15) is 8.42 Å². The van der Waals surface area contributed by atoms with Gasteiger partial charge >= 0.3 is 5.97 Å². The number of phenols is 1. The van der Waals surface area contributed by atoms with E-state index in [4.69, 9.17) is 0 Å². The molecule has 0 saturated heterocycles. The summed E-state index contributed by atoms with van der Waals surface area (Å²) in [5, 5.41) is 22.3. The van der Waals surface area contributed by atoms with Crippen LogP contribution in [0, 0.1) is 0 Å². The van der Waals surface area contributed by atoms with Crippen molar-refractivity contribution in [3.05, 3.63) is 94.7 Å². The standard InChI is InChI=1S/C26H16N2O9S/c29-13-5-7-15-17(10-13)24(31)21(23(15)30)19-9-4-12-2-1-3-20(22(12)27-19)28-25(32)16-8-6-14(38(35,36)37)11-18(16)26(33)34/h1-11,21,29H,(H,28,32)(H,33,34)(H,35,36,37). The highest BCUT2D eigenvalue weighted by Gasteiger charge is 2.40. The fraction of sp³-hybridized carbons (Fsp3) is 0.0385. The quantitative estimate of drug-likeness (QED) is 0.219. The van der Waals surface area contributed by atoms with Gasteiger partial charge in [-0.1, -0.05) is 18.2 Å². The van der Waals surface area contributed by atoms with Gasteiger partial charge in [-0.3, -0.25) is 18.9 Å². The van der Waals surface area contributed by atoms with Crippen LogP contribution in [0.2, 0.25) is 0 Å². The van der Waals surface area contributed by atoms with Crippen molar-refractivity contribution in [2.75, 3.05) is 5.32 Å². The molecule has 4 N–H and O–H groups in total. The van der Waals surface area contributed by atoms with Crippen LogP contribution in [0.15, 0.2) is 71.6 Å². The van der Waals surface area contributed by atoms with Gasteiger partial charge in [0.25, 0.3) is 16.0 Å². The molecule has 1 aliphatic rings. The second kappa shape index (κ2) is 8.87. The summed E-state index contributed by atoms with van der Waals surface area (Å²) in [6.07, 6.45) is 0. The number of benzene rings is 3. The number of amides is 1. The van der Waals surface area contributed by atoms with Crippen molar-refractivity contribution in [1.82, 2.24) is 4.98 Å². The fourth-order valence-electron chi connectivity index (χ4n) is 4.32. The number of fused-ring (bicyclic) bond motifs is 2. The lowest BCUT2D eigenvalue weighted by molar-refractivity contribution is 0.0691. The van der Waals surface area contributed by atoms with Gasteiger partial charge in [0.15, 0.2) is 11.6 Å². The molecule has 1 heterocycles. The molecule has 4 aromatic rings. The largest absolute Gasteiger partial charge is 0.508 e. The number of aromatic hydroxyl groups is 1. The van der Waals surface area contributed by atoms with Crippen LogP contribution < -0.4 is 5.32 Å². The number of carboxylic acid groups (broad SMARTS) is 1. The van der Waals surface area contributed by atoms with Gasteiger partial charge in [-0.15, -0.1) is 0 Å². The zero-order valence-corrected chi connectivity index (χ0v) is 19.9. The molecule has 11 nitrogen and oxygen atoms in total. The summed E-state index contributed by atoms with van der Waals surface area (Å²) in [5.41, 5.74) is -0.326. The number of pyridine rings is 1. The van der Waals surface area contributed by atoms with Crippen molar-refractivity contribution in [3.63, 3.8) is 0 Å². The molecule has 1 aliphatic carbocycles. The van der Waals surface area contributed by atoms with E-state index in [0.717, 1.165) is 12.1 Å². The van der Waals surface area contributed by atoms with Crippen molar-refractivity contribution < 1.29 is 42.4 Å². The van der Waals surface area contributed by atoms with E-state index in [0.29, 0.717) is 11.5 Å². The van der Waals surface area contributed by atoms with Crippen LogP contribution in [0.4, 0.5) is 5.69 Å². The number of aromatic carboxylic acids is 1. The van der Waals surface area contributed by atoms with E-state index in [1.54, 1.807) is 18.2 Å². The Hall–Kier alpha value is -4.94. The number of para-hydroxylation sites is 1. The highest BCUT2D eigenvalue weighted by Crippen LogP contribution is 2.36. The Bertz CT molecular complexity index is 1830. The van der Waals surface area contributed by atoms with Gasteiger partial charge in [0, 0.05) is 16.5 Å². The maximum Gasteiger partial charge on any atom is 0.336 e. The number of carbonyl (C=O) groups is 4. The molecule has 0 radical (unpaired) electrons. The lowest BCUT2D eigenvalue weighted by Crippen LogP contribution is -2.18. The molecule has 190 valence electrons. The second-order valence-electron chi connectivity index (χ2n) is 8.45. The molecular formula is C26H16N2O9S. The summed E-state index contributed by atoms with van der Waals surface area (Å²) in [6.45, 7) is 0. The number of nitrogens with one attached hydrogen (secondary N) is 1. The minimum absolute atomic E-state index is 0.0815. The first-order valence-corrected chi connectivity index (χ1v) is 12.4. The lowest BCUT2D eigenvalue weighted by Gasteiger charge is -2.13. The molecule has 0 saturated carbocycles. The van der Waals surface area contributed by atoms with Crippen molar-refractivity contribution in [2.45, 2.75) is 10.8 Å². The number of carboxylic acids is 1. The zero-order valence-electron chi connectivity index (χ0n) is 19.1. The first-order valence-electron chi connectivity index (χ1n) is 10.9. The number of anilines is 1. The summed E-state index contributed by atoms with van der Waals surface area (Å²) >= 11 is 0. The summed E-state index contributed by atoms with van der Waals surface area (Å²) in [5.74, 6) is -4.91. The maximum absolute atomic E-state index is 13.0. The molecule has 0 fully saturated rings. The monoisotopic (exact) mass is 532 g/mol. The Morgan fingerprint density at radius 3 is 2.32 bits per heavy atom. The van der Waals surface area contributed by atoms with Crippen LogP contribution in [-0.4, -0.2) is 51.6 Å². The van der Waals surface area contributed by atoms with Crippen molar-refractivity contribution in [3.8, 4) is 5.75 Å². The van der Waals surface area contributed by atoms with Crippen molar-refractivity contribution in [1.29, 1.82) is 0 Å². The van der Waals surface area contributed by atoms with Crippen LogP contribution in [0.25, 0.3) is 10.9 Å². The van der Waals surface area contributed by atoms with Crippen molar-refractivity contribution >= 4 is 50.2 Å². The molecule has 1 unspecified atom stereocenters. The molecule has 0 bridgehead atoms. The third-order valence-electron chi connectivity index (χ3n) is 6.11. The number of nitrogens with zero attached hydrogens (tertiary/aromatic N) is 1. The first kappa shape index (κ1) is 24.7. The second-order valence-corrected chi connectivity index (χ2v) is 9.87. The van der Waals surface area contributed by atoms with E-state index in [1.165, 1.54) is 30.3 Å². The lowest BCUT2D eigenvalue weighted by atomic mass is 9.98. The number of aromatic nitrogens is 1. The SMILES string of the molecule is O=C(O)c1cc(S(=O)(=O)O)ccc1C(=O)Nc1cccc2ccc(C3C(=O)c4ccc(O)cc4C3=O)nc12. The highest BCUT2D eigenvalue weighted by molar-refractivity contribution is 7.85. The number of rotatable bonds is 5. The summed E-state index contributed by atoms with van der Waals surface area (Å²) in [4.78, 5) is 54.4. The van der Waals surface area contributed by atoms with Gasteiger partial charge in [0.1, 0.15) is 11.7 Å². The number of Topliss-reactive ketones (excluding diaryl/α,β-unsaturated/α-hetero) is 2. The van der Waals surface area contributed by atoms with Gasteiger partial charge < -0.3 is 15.5 Å². The molecule has 1 amide bonds. The third-order valence-corrected chi connectivity index (χ3v) is 6.96. The highest BCUT2D eigenvalue weighted by atomic mass is 32.2. The Morgan fingerprint density at radius 1 is 0.868 bits per heavy atom. The molecule has 0 aliphatic heterocycles. The minimum Gasteiger partial charge on any atom is -0.508 e. The Morgan fingerprint density at radius 2 is 1.61 bits per heavy atom. The van der Waals surface area contributed by atoms with Crippen molar-refractivity contribution in [2.24, 2.45) is 0 Å². The van der Waals surface area contributed by atoms with Gasteiger partial charge in [0.2, 0.25) is 0 Å². The van der Waals surface area contributed by atoms with Crippen LogP contribution in [-0.2, 0) is 10.1 Å². The molecule has 3 aromatic carbocycles. The summed E-state index contributed by atoms with van der Waals surface area (Å²) in [6, 6.07) is 14.3. The average molecular weight is 532 g/mol. The van der Waals surface area contributed by atoms with E-state index >= 15 is 0 Å². The van der Waals surface area contributed by atoms with Crippen LogP contribution >= 0.6 is 0 Å². The van der Waals surface area contributed by atoms with Gasteiger partial charge in [-0.05, 0) is 48.5 Å². The molecule has 1 atom stereocenters. The zero-order chi connectivity index (χ0) is 27.4. The smallest absolute Gasteiger partial charge is 0.336 e. The molecule has 5 rings (SSSR count). The van der Waals surface area contributed by atoms with E-state index < -0.39 is 49.9 Å². The third kappa shape index (κ3) is 4.17. The average Bonchev–Trinajstić information content (AvgIpc) is 3.11. The van der Waals surface area contributed by atoms with E-state index in [9.17, 15) is 42.4 Å². The Kier molecular flexibility index (Phi) is 5.77. The molecule has 0 spiro atoms. The van der Waals surface area contributed by atoms with Gasteiger partial charge in [0.05, 0.1) is 32.9 Å². The van der Waals surface area contributed by atoms with Gasteiger partial charge in [-0.25, -0.2) is 9.78 Å².